The summed E-state index contributed by atoms with van der Waals surface area (Å²) in [7, 11) is 0. The van der Waals surface area contributed by atoms with E-state index in [2.05, 4.69) is 32.2 Å². The molecule has 0 saturated carbocycles. The minimum absolute atomic E-state index is 0.503. The molecule has 0 saturated heterocycles. The molecule has 16 heavy (non-hydrogen) atoms. The van der Waals surface area contributed by atoms with Crippen LogP contribution >= 0.6 is 23.4 Å². The van der Waals surface area contributed by atoms with Crippen molar-refractivity contribution < 1.29 is 0 Å². The van der Waals surface area contributed by atoms with Crippen LogP contribution in [0.1, 0.15) is 32.8 Å². The lowest BCUT2D eigenvalue weighted by atomic mass is 10.2. The Morgan fingerprint density at radius 1 is 1.38 bits per heavy atom. The highest BCUT2D eigenvalue weighted by atomic mass is 35.5. The van der Waals surface area contributed by atoms with Crippen molar-refractivity contribution in [2.75, 3.05) is 5.75 Å². The largest absolute Gasteiger partial charge is 0.310 e. The summed E-state index contributed by atoms with van der Waals surface area (Å²) in [6.45, 7) is 7.40. The zero-order valence-electron chi connectivity index (χ0n) is 10.2. The van der Waals surface area contributed by atoms with Crippen molar-refractivity contribution in [3.05, 3.63) is 28.8 Å². The summed E-state index contributed by atoms with van der Waals surface area (Å²) >= 11 is 8.09. The summed E-state index contributed by atoms with van der Waals surface area (Å²) in [6.07, 6.45) is 1.17. The van der Waals surface area contributed by atoms with Crippen LogP contribution in [0.2, 0.25) is 5.02 Å². The van der Waals surface area contributed by atoms with Crippen LogP contribution in [0, 0.1) is 0 Å². The molecule has 1 N–H and O–H groups in total. The fourth-order valence-corrected chi connectivity index (χ4v) is 2.67. The molecule has 1 aromatic carbocycles. The molecule has 0 fully saturated rings. The van der Waals surface area contributed by atoms with Gasteiger partial charge in [0.2, 0.25) is 0 Å². The summed E-state index contributed by atoms with van der Waals surface area (Å²) in [5, 5.41) is 4.31. The number of halogens is 1. The van der Waals surface area contributed by atoms with Crippen LogP contribution in [0.3, 0.4) is 0 Å². The van der Waals surface area contributed by atoms with Gasteiger partial charge in [0.25, 0.3) is 0 Å². The molecule has 0 aliphatic heterocycles. The van der Waals surface area contributed by atoms with Crippen LogP contribution in [0.5, 0.6) is 0 Å². The van der Waals surface area contributed by atoms with E-state index >= 15 is 0 Å². The van der Waals surface area contributed by atoms with Crippen LogP contribution in [0.4, 0.5) is 0 Å². The molecule has 0 radical (unpaired) electrons. The highest BCUT2D eigenvalue weighted by molar-refractivity contribution is 7.99. The quantitative estimate of drug-likeness (QED) is 0.761. The molecule has 0 aliphatic carbocycles. The number of rotatable bonds is 6. The zero-order valence-corrected chi connectivity index (χ0v) is 11.8. The number of hydrogen-bond donors (Lipinski definition) is 1. The Hall–Kier alpha value is -0.180. The first-order chi connectivity index (χ1) is 7.65. The van der Waals surface area contributed by atoms with Crippen molar-refractivity contribution in [3.8, 4) is 0 Å². The second-order valence-corrected chi connectivity index (χ2v) is 5.62. The van der Waals surface area contributed by atoms with Crippen molar-refractivity contribution in [3.63, 3.8) is 0 Å². The van der Waals surface area contributed by atoms with Gasteiger partial charge in [-0.15, -0.1) is 11.8 Å². The van der Waals surface area contributed by atoms with E-state index < -0.39 is 0 Å². The maximum atomic E-state index is 6.23. The number of benzene rings is 1. The summed E-state index contributed by atoms with van der Waals surface area (Å²) in [6, 6.07) is 6.65. The van der Waals surface area contributed by atoms with Gasteiger partial charge in [0.05, 0.1) is 5.02 Å². The van der Waals surface area contributed by atoms with E-state index in [1.165, 1.54) is 16.9 Å². The molecule has 0 aromatic heterocycles. The molecule has 0 unspecified atom stereocenters. The highest BCUT2D eigenvalue weighted by Gasteiger charge is 2.07. The minimum atomic E-state index is 0.503. The summed E-state index contributed by atoms with van der Waals surface area (Å²) in [5.41, 5.74) is 1.31. The Morgan fingerprint density at radius 2 is 2.12 bits per heavy atom. The van der Waals surface area contributed by atoms with E-state index in [1.807, 2.05) is 23.9 Å². The maximum absolute atomic E-state index is 6.23. The van der Waals surface area contributed by atoms with Crippen molar-refractivity contribution in [2.24, 2.45) is 0 Å². The molecule has 0 atom stereocenters. The summed E-state index contributed by atoms with van der Waals surface area (Å²) in [4.78, 5) is 1.24. The average Bonchev–Trinajstić information content (AvgIpc) is 2.25. The van der Waals surface area contributed by atoms with Crippen molar-refractivity contribution in [2.45, 2.75) is 44.7 Å². The van der Waals surface area contributed by atoms with E-state index in [0.29, 0.717) is 6.04 Å². The molecule has 1 rings (SSSR count). The molecule has 3 heteroatoms. The Morgan fingerprint density at radius 3 is 2.75 bits per heavy atom. The van der Waals surface area contributed by atoms with Crippen molar-refractivity contribution >= 4 is 23.4 Å². The van der Waals surface area contributed by atoms with Gasteiger partial charge < -0.3 is 5.32 Å². The predicted octanol–water partition coefficient (Wildman–Crippen LogP) is 4.34. The first-order valence-electron chi connectivity index (χ1n) is 5.78. The van der Waals surface area contributed by atoms with Crippen LogP contribution in [0.15, 0.2) is 23.1 Å². The molecular weight excluding hydrogens is 238 g/mol. The lowest BCUT2D eigenvalue weighted by molar-refractivity contribution is 0.585. The van der Waals surface area contributed by atoms with Gasteiger partial charge in [-0.2, -0.15) is 0 Å². The third-order valence-corrected chi connectivity index (χ3v) is 4.01. The normalized spacial score (nSPS) is 11.1. The smallest absolute Gasteiger partial charge is 0.0545 e. The molecule has 1 nitrogen and oxygen atoms in total. The van der Waals surface area contributed by atoms with Gasteiger partial charge in [0, 0.05) is 17.5 Å². The molecule has 0 amide bonds. The van der Waals surface area contributed by atoms with E-state index in [9.17, 15) is 0 Å². The van der Waals surface area contributed by atoms with Crippen molar-refractivity contribution in [1.82, 2.24) is 5.32 Å². The number of thioether (sulfide) groups is 1. The van der Waals surface area contributed by atoms with Crippen LogP contribution in [-0.4, -0.2) is 11.8 Å². The molecule has 1 aromatic rings. The molecule has 0 spiro atoms. The van der Waals surface area contributed by atoms with Gasteiger partial charge in [-0.3, -0.25) is 0 Å². The van der Waals surface area contributed by atoms with Gasteiger partial charge in [0.15, 0.2) is 0 Å². The Kier molecular flexibility index (Phi) is 6.25. The average molecular weight is 258 g/mol. The van der Waals surface area contributed by atoms with Gasteiger partial charge in [-0.25, -0.2) is 0 Å². The third kappa shape index (κ3) is 4.36. The Balaban J connectivity index is 2.76. The van der Waals surface area contributed by atoms with Gasteiger partial charge in [-0.05, 0) is 23.8 Å². The molecule has 0 heterocycles. The second-order valence-electron chi connectivity index (χ2n) is 4.11. The topological polar surface area (TPSA) is 12.0 Å². The standard InChI is InChI=1S/C13H20ClNS/c1-4-8-16-13-11(9-15-10(2)3)6-5-7-12(13)14/h5-7,10,15H,4,8-9H2,1-3H3. The summed E-state index contributed by atoms with van der Waals surface area (Å²) < 4.78 is 0. The van der Waals surface area contributed by atoms with Crippen molar-refractivity contribution in [1.29, 1.82) is 0 Å². The lowest BCUT2D eigenvalue weighted by Gasteiger charge is -2.13. The third-order valence-electron chi connectivity index (χ3n) is 2.20. The van der Waals surface area contributed by atoms with Crippen LogP contribution in [-0.2, 0) is 6.54 Å². The zero-order chi connectivity index (χ0) is 12.0. The summed E-state index contributed by atoms with van der Waals surface area (Å²) in [5.74, 6) is 1.12. The number of nitrogens with one attached hydrogen (secondary N) is 1. The van der Waals surface area contributed by atoms with Crippen LogP contribution < -0.4 is 5.32 Å². The first-order valence-corrected chi connectivity index (χ1v) is 7.15. The molecular formula is C13H20ClNS. The maximum Gasteiger partial charge on any atom is 0.0545 e. The minimum Gasteiger partial charge on any atom is -0.310 e. The predicted molar refractivity (Wildman–Crippen MR) is 74.4 cm³/mol. The van der Waals surface area contributed by atoms with E-state index in [-0.39, 0.29) is 0 Å². The number of hydrogen-bond acceptors (Lipinski definition) is 2. The van der Waals surface area contributed by atoms with Gasteiger partial charge >= 0.3 is 0 Å². The SMILES string of the molecule is CCCSc1c(Cl)cccc1CNC(C)C. The fourth-order valence-electron chi connectivity index (χ4n) is 1.37. The molecule has 0 aliphatic rings. The van der Waals surface area contributed by atoms with Gasteiger partial charge in [-0.1, -0.05) is 44.5 Å². The second kappa shape index (κ2) is 7.21. The van der Waals surface area contributed by atoms with Gasteiger partial charge in [0.1, 0.15) is 0 Å². The monoisotopic (exact) mass is 257 g/mol. The fraction of sp³-hybridized carbons (Fsp3) is 0.538. The van der Waals surface area contributed by atoms with E-state index in [4.69, 9.17) is 11.6 Å². The first kappa shape index (κ1) is 13.9. The van der Waals surface area contributed by atoms with Crippen LogP contribution in [0.25, 0.3) is 0 Å². The lowest BCUT2D eigenvalue weighted by Crippen LogP contribution is -2.22. The Labute approximate surface area is 108 Å². The molecule has 0 bridgehead atoms. The van der Waals surface area contributed by atoms with E-state index in [1.54, 1.807) is 0 Å². The highest BCUT2D eigenvalue weighted by Crippen LogP contribution is 2.31. The Bertz CT molecular complexity index is 326. The molecule has 90 valence electrons. The van der Waals surface area contributed by atoms with E-state index in [0.717, 1.165) is 17.3 Å².